The van der Waals surface area contributed by atoms with E-state index in [-0.39, 0.29) is 12.6 Å². The third kappa shape index (κ3) is 4.77. The molecular formula is C26H31N5O3. The molecule has 3 aromatic rings. The van der Waals surface area contributed by atoms with Crippen molar-refractivity contribution in [3.05, 3.63) is 60.0 Å². The zero-order valence-corrected chi connectivity index (χ0v) is 19.3. The van der Waals surface area contributed by atoms with Gasteiger partial charge in [0, 0.05) is 55.4 Å². The number of hydrogen-bond acceptors (Lipinski definition) is 6. The second kappa shape index (κ2) is 10.3. The zero-order chi connectivity index (χ0) is 23.3. The first-order chi connectivity index (χ1) is 16.7. The number of carboxylic acids is 1. The molecule has 5 rings (SSSR count). The zero-order valence-electron chi connectivity index (χ0n) is 19.3. The maximum absolute atomic E-state index is 11.1. The van der Waals surface area contributed by atoms with E-state index in [4.69, 9.17) is 14.8 Å². The maximum atomic E-state index is 11.1. The molecule has 0 aliphatic carbocycles. The molecule has 0 radical (unpaired) electrons. The maximum Gasteiger partial charge on any atom is 0.341 e. The third-order valence-electron chi connectivity index (χ3n) is 6.68. The van der Waals surface area contributed by atoms with Crippen molar-refractivity contribution in [3.8, 4) is 17.1 Å². The molecule has 4 heterocycles. The molecule has 2 saturated heterocycles. The van der Waals surface area contributed by atoms with Crippen LogP contribution in [0.1, 0.15) is 49.4 Å². The number of aliphatic carboxylic acids is 1. The minimum Gasteiger partial charge on any atom is -0.482 e. The Morgan fingerprint density at radius 3 is 2.56 bits per heavy atom. The summed E-state index contributed by atoms with van der Waals surface area (Å²) < 4.78 is 5.67. The number of anilines is 1. The Balaban J connectivity index is 1.51. The molecule has 2 fully saturated rings. The minimum absolute atomic E-state index is 0.103. The Kier molecular flexibility index (Phi) is 6.76. The highest BCUT2D eigenvalue weighted by molar-refractivity contribution is 5.68. The highest BCUT2D eigenvalue weighted by Gasteiger charge is 2.32. The summed E-state index contributed by atoms with van der Waals surface area (Å²) in [5, 5.41) is 9.14. The van der Waals surface area contributed by atoms with Crippen LogP contribution in [0.5, 0.6) is 5.75 Å². The summed E-state index contributed by atoms with van der Waals surface area (Å²) in [4.78, 5) is 28.9. The van der Waals surface area contributed by atoms with Gasteiger partial charge in [0.25, 0.3) is 0 Å². The van der Waals surface area contributed by atoms with Crippen molar-refractivity contribution in [1.82, 2.24) is 19.9 Å². The summed E-state index contributed by atoms with van der Waals surface area (Å²) >= 11 is 0. The first kappa shape index (κ1) is 22.4. The number of carboxylic acid groups (broad SMARTS) is 1. The van der Waals surface area contributed by atoms with Crippen LogP contribution in [0.25, 0.3) is 11.4 Å². The van der Waals surface area contributed by atoms with Gasteiger partial charge >= 0.3 is 5.97 Å². The monoisotopic (exact) mass is 461 g/mol. The summed E-state index contributed by atoms with van der Waals surface area (Å²) in [7, 11) is 0. The van der Waals surface area contributed by atoms with E-state index in [2.05, 4.69) is 19.8 Å². The Morgan fingerprint density at radius 1 is 1.03 bits per heavy atom. The number of aromatic amines is 1. The second-order valence-electron chi connectivity index (χ2n) is 8.96. The van der Waals surface area contributed by atoms with Gasteiger partial charge in [-0.25, -0.2) is 14.8 Å². The molecule has 1 aromatic carbocycles. The Hall–Kier alpha value is -3.39. The molecule has 2 N–H and O–H groups in total. The van der Waals surface area contributed by atoms with Crippen LogP contribution in [0.3, 0.4) is 0 Å². The van der Waals surface area contributed by atoms with Gasteiger partial charge in [-0.05, 0) is 37.5 Å². The van der Waals surface area contributed by atoms with Crippen LogP contribution >= 0.6 is 0 Å². The standard InChI is InChI=1S/C26H31N5O3/c32-23(33)18-34-21-9-4-3-8-19(21)25(31-16-7-17-31)24-20(10-12-27-24)26-28-13-11-22(29-26)30-14-5-1-2-6-15-30/h3-4,8-13,25,27H,1-2,5-7,14-18H2,(H,32,33). The second-order valence-corrected chi connectivity index (χ2v) is 8.96. The van der Waals surface area contributed by atoms with Crippen LogP contribution in [-0.2, 0) is 4.79 Å². The van der Waals surface area contributed by atoms with Crippen molar-refractivity contribution < 1.29 is 14.6 Å². The Bertz CT molecular complexity index is 1120. The largest absolute Gasteiger partial charge is 0.482 e. The molecule has 8 nitrogen and oxygen atoms in total. The van der Waals surface area contributed by atoms with Crippen LogP contribution in [0, 0.1) is 0 Å². The number of para-hydroxylation sites is 1. The smallest absolute Gasteiger partial charge is 0.341 e. The van der Waals surface area contributed by atoms with Crippen molar-refractivity contribution in [2.45, 2.75) is 38.1 Å². The van der Waals surface area contributed by atoms with Crippen molar-refractivity contribution in [2.24, 2.45) is 0 Å². The van der Waals surface area contributed by atoms with E-state index in [0.717, 1.165) is 55.2 Å². The molecule has 2 aliphatic rings. The van der Waals surface area contributed by atoms with Gasteiger partial charge in [0.05, 0.1) is 6.04 Å². The molecule has 178 valence electrons. The number of aromatic nitrogens is 3. The molecule has 0 amide bonds. The SMILES string of the molecule is O=C(O)COc1ccccc1C(c1[nH]ccc1-c1nccc(N2CCCCCC2)n1)N1CCC1. The van der Waals surface area contributed by atoms with Gasteiger partial charge in [0.1, 0.15) is 11.6 Å². The highest BCUT2D eigenvalue weighted by atomic mass is 16.5. The summed E-state index contributed by atoms with van der Waals surface area (Å²) in [6.07, 6.45) is 9.85. The Labute approximate surface area is 199 Å². The fourth-order valence-electron chi connectivity index (χ4n) is 4.87. The van der Waals surface area contributed by atoms with Crippen molar-refractivity contribution in [3.63, 3.8) is 0 Å². The molecule has 2 aliphatic heterocycles. The molecule has 8 heteroatoms. The molecule has 1 unspecified atom stereocenters. The number of hydrogen-bond donors (Lipinski definition) is 2. The van der Waals surface area contributed by atoms with Crippen LogP contribution in [0.2, 0.25) is 0 Å². The van der Waals surface area contributed by atoms with Crippen LogP contribution in [-0.4, -0.2) is 63.7 Å². The summed E-state index contributed by atoms with van der Waals surface area (Å²) in [6, 6.07) is 11.6. The number of H-pyrrole nitrogens is 1. The predicted octanol–water partition coefficient (Wildman–Crippen LogP) is 4.11. The van der Waals surface area contributed by atoms with Gasteiger partial charge in [0.15, 0.2) is 12.4 Å². The van der Waals surface area contributed by atoms with E-state index < -0.39 is 5.97 Å². The van der Waals surface area contributed by atoms with Crippen molar-refractivity contribution in [1.29, 1.82) is 0 Å². The normalized spacial score (nSPS) is 17.6. The van der Waals surface area contributed by atoms with Gasteiger partial charge < -0.3 is 19.7 Å². The lowest BCUT2D eigenvalue weighted by atomic mass is 9.95. The number of nitrogens with one attached hydrogen (secondary N) is 1. The number of carbonyl (C=O) groups is 1. The van der Waals surface area contributed by atoms with Gasteiger partial charge in [-0.1, -0.05) is 31.0 Å². The summed E-state index contributed by atoms with van der Waals surface area (Å²) in [5.41, 5.74) is 2.90. The lowest BCUT2D eigenvalue weighted by Crippen LogP contribution is -2.41. The van der Waals surface area contributed by atoms with E-state index in [1.807, 2.05) is 48.8 Å². The number of rotatable bonds is 8. The van der Waals surface area contributed by atoms with E-state index in [1.165, 1.54) is 25.7 Å². The van der Waals surface area contributed by atoms with Crippen molar-refractivity contribution in [2.75, 3.05) is 37.7 Å². The van der Waals surface area contributed by atoms with E-state index >= 15 is 0 Å². The average molecular weight is 462 g/mol. The van der Waals surface area contributed by atoms with Crippen molar-refractivity contribution >= 4 is 11.8 Å². The number of likely N-dealkylation sites (tertiary alicyclic amines) is 1. The van der Waals surface area contributed by atoms with Crippen LogP contribution in [0.15, 0.2) is 48.8 Å². The Morgan fingerprint density at radius 2 is 1.82 bits per heavy atom. The number of benzene rings is 1. The quantitative estimate of drug-likeness (QED) is 0.521. The third-order valence-corrected chi connectivity index (χ3v) is 6.68. The average Bonchev–Trinajstić information content (AvgIpc) is 3.14. The lowest BCUT2D eigenvalue weighted by Gasteiger charge is -2.39. The highest BCUT2D eigenvalue weighted by Crippen LogP contribution is 2.40. The fourth-order valence-corrected chi connectivity index (χ4v) is 4.87. The molecular weight excluding hydrogens is 430 g/mol. The van der Waals surface area contributed by atoms with Crippen LogP contribution in [0.4, 0.5) is 5.82 Å². The molecule has 0 spiro atoms. The minimum atomic E-state index is -0.991. The van der Waals surface area contributed by atoms with Gasteiger partial charge in [-0.3, -0.25) is 4.90 Å². The fraction of sp³-hybridized carbons (Fsp3) is 0.423. The summed E-state index contributed by atoms with van der Waals surface area (Å²) in [6.45, 7) is 3.61. The van der Waals surface area contributed by atoms with Gasteiger partial charge in [0.2, 0.25) is 0 Å². The predicted molar refractivity (Wildman–Crippen MR) is 130 cm³/mol. The van der Waals surface area contributed by atoms with E-state index in [9.17, 15) is 4.79 Å². The van der Waals surface area contributed by atoms with Gasteiger partial charge in [-0.2, -0.15) is 0 Å². The topological polar surface area (TPSA) is 94.6 Å². The number of nitrogens with zero attached hydrogens (tertiary/aromatic N) is 4. The summed E-state index contributed by atoms with van der Waals surface area (Å²) in [5.74, 6) is 1.27. The van der Waals surface area contributed by atoms with E-state index in [1.54, 1.807) is 0 Å². The first-order valence-corrected chi connectivity index (χ1v) is 12.1. The molecule has 0 bridgehead atoms. The van der Waals surface area contributed by atoms with Gasteiger partial charge in [-0.15, -0.1) is 0 Å². The molecule has 2 aromatic heterocycles. The molecule has 34 heavy (non-hydrogen) atoms. The lowest BCUT2D eigenvalue weighted by molar-refractivity contribution is -0.139. The number of ether oxygens (including phenoxy) is 1. The van der Waals surface area contributed by atoms with E-state index in [0.29, 0.717) is 11.6 Å². The van der Waals surface area contributed by atoms with Crippen LogP contribution < -0.4 is 9.64 Å². The first-order valence-electron chi connectivity index (χ1n) is 12.1. The molecule has 1 atom stereocenters. The molecule has 0 saturated carbocycles.